The lowest BCUT2D eigenvalue weighted by Gasteiger charge is -2.36. The maximum Gasteiger partial charge on any atom is 0.248 e. The van der Waals surface area contributed by atoms with E-state index in [0.717, 1.165) is 0 Å². The van der Waals surface area contributed by atoms with Gasteiger partial charge >= 0.3 is 0 Å². The van der Waals surface area contributed by atoms with E-state index in [1.807, 2.05) is 34.6 Å². The molecule has 3 rings (SSSR count). The number of amides is 11. The van der Waals surface area contributed by atoms with E-state index in [1.54, 1.807) is 48.5 Å². The number of aliphatic hydroxyl groups is 1. The van der Waals surface area contributed by atoms with Crippen LogP contribution in [-0.2, 0) is 52.7 Å². The summed E-state index contributed by atoms with van der Waals surface area (Å²) in [5.74, 6) is -7.14. The van der Waals surface area contributed by atoms with Crippen LogP contribution in [0, 0.1) is 29.6 Å². The Morgan fingerprint density at radius 1 is 0.475 bits per heavy atom. The van der Waals surface area contributed by atoms with Gasteiger partial charge in [0.15, 0.2) is 0 Å². The molecule has 0 aliphatic carbocycles. The van der Waals surface area contributed by atoms with E-state index in [4.69, 9.17) is 0 Å². The van der Waals surface area contributed by atoms with Crippen molar-refractivity contribution in [3.8, 4) is 0 Å². The highest BCUT2D eigenvalue weighted by atomic mass is 16.3. The number of carbonyl (C=O) groups is 11. The zero-order chi connectivity index (χ0) is 60.9. The fourth-order valence-electron chi connectivity index (χ4n) is 10.8. The Bertz CT molecular complexity index is 2250. The molecule has 454 valence electrons. The Kier molecular flexibility index (Phi) is 25.0. The normalized spacial score (nSPS) is 20.1. The van der Waals surface area contributed by atoms with Gasteiger partial charge in [0.25, 0.3) is 0 Å². The summed E-state index contributed by atoms with van der Waals surface area (Å²) >= 11 is 0. The third kappa shape index (κ3) is 18.3. The minimum absolute atomic E-state index is 0.108. The largest absolute Gasteiger partial charge is 0.394 e. The second kappa shape index (κ2) is 29.2. The smallest absolute Gasteiger partial charge is 0.248 e. The number of carbonyl (C=O) groups excluding carboxylic acids is 11. The first kappa shape index (κ1) is 68.4. The monoisotopic (exact) mass is 1130 g/mol. The first-order valence-corrected chi connectivity index (χ1v) is 29.0. The number of likely N-dealkylation sites (tertiary alicyclic amines) is 3. The molecule has 9 atom stereocenters. The lowest BCUT2D eigenvalue weighted by atomic mass is 9.94. The Balaban J connectivity index is 1.74. The molecule has 23 heteroatoms. The van der Waals surface area contributed by atoms with Gasteiger partial charge < -0.3 is 62.3 Å². The molecule has 0 saturated carbocycles. The zero-order valence-corrected chi connectivity index (χ0v) is 51.0. The molecule has 80 heavy (non-hydrogen) atoms. The summed E-state index contributed by atoms with van der Waals surface area (Å²) in [5, 5.41) is 32.2. The first-order chi connectivity index (χ1) is 37.0. The third-order valence-electron chi connectivity index (χ3n) is 15.4. The van der Waals surface area contributed by atoms with Gasteiger partial charge in [0.2, 0.25) is 65.0 Å². The van der Waals surface area contributed by atoms with Crippen molar-refractivity contribution < 1.29 is 57.8 Å². The Morgan fingerprint density at radius 2 is 0.825 bits per heavy atom. The van der Waals surface area contributed by atoms with E-state index in [1.165, 1.54) is 49.3 Å². The van der Waals surface area contributed by atoms with Crippen molar-refractivity contribution in [2.45, 2.75) is 240 Å². The van der Waals surface area contributed by atoms with E-state index in [9.17, 15) is 57.8 Å². The molecule has 0 spiro atoms. The number of hydrogen-bond donors (Lipinski definition) is 9. The van der Waals surface area contributed by atoms with E-state index in [-0.39, 0.29) is 56.2 Å². The SMILES string of the molecule is CC[C@H](C)[C@H](NC(=O)[C@H](CC(C)C)NC(=O)[C@@H]1CCCN1C(=O)C(C)(C)NC(=O)[C@@H](NC(=O)[C@@H]1CCCN1C(=O)C(C)(C)NC(=O)[C@@H](NC(C)=O)C(C)C)C(C)C)C(=O)NC(C)(C)C(=O)N1CCC[C@H]1C(=O)N[C@H](CO)CC(C)C. The Labute approximate surface area is 474 Å². The van der Waals surface area contributed by atoms with Crippen LogP contribution >= 0.6 is 0 Å². The molecule has 0 aromatic heterocycles. The summed E-state index contributed by atoms with van der Waals surface area (Å²) in [4.78, 5) is 156. The fraction of sp³-hybridized carbons (Fsp3) is 0.807. The highest BCUT2D eigenvalue weighted by Crippen LogP contribution is 2.27. The molecule has 3 heterocycles. The number of rotatable bonds is 27. The Morgan fingerprint density at radius 3 is 1.16 bits per heavy atom. The topological polar surface area (TPSA) is 314 Å². The second-order valence-corrected chi connectivity index (χ2v) is 25.5. The van der Waals surface area contributed by atoms with Crippen LogP contribution in [-0.4, -0.2) is 176 Å². The predicted octanol–water partition coefficient (Wildman–Crippen LogP) is 1.53. The number of nitrogens with one attached hydrogen (secondary N) is 8. The second-order valence-electron chi connectivity index (χ2n) is 25.5. The van der Waals surface area contributed by atoms with Gasteiger partial charge in [-0.2, -0.15) is 0 Å². The fourth-order valence-corrected chi connectivity index (χ4v) is 10.8. The van der Waals surface area contributed by atoms with Gasteiger partial charge in [-0.15, -0.1) is 0 Å². The lowest BCUT2D eigenvalue weighted by Crippen LogP contribution is -2.64. The number of hydrogen-bond acceptors (Lipinski definition) is 12. The molecule has 3 fully saturated rings. The molecule has 9 N–H and O–H groups in total. The van der Waals surface area contributed by atoms with E-state index < -0.39 is 136 Å². The van der Waals surface area contributed by atoms with Crippen LogP contribution in [0.3, 0.4) is 0 Å². The Hall–Kier alpha value is -5.87. The summed E-state index contributed by atoms with van der Waals surface area (Å²) in [7, 11) is 0. The summed E-state index contributed by atoms with van der Waals surface area (Å²) < 4.78 is 0. The zero-order valence-electron chi connectivity index (χ0n) is 51.0. The molecule has 23 nitrogen and oxygen atoms in total. The standard InChI is InChI=1S/C57H99N11O12/c1-18-35(10)44(51(77)65-57(16,17)54(80)66-25-19-22-39(66)46(72)59-37(30-69)28-31(2)3)62-45(71)38(29-32(4)5)60-47(73)40-23-20-26-67(40)52(78)56(14,15)64-50(76)43(34(8)9)61-48(74)41-24-21-27-68(41)53(79)55(12,13)63-49(75)42(33(6)7)58-36(11)70/h31-35,37-44,69H,18-30H2,1-17H3,(H,58,70)(H,59,72)(H,60,73)(H,61,74)(H,62,71)(H,63,75)(H,64,76)(H,65,77)/t35-,37-,38-,39-,40-,41-,42-,43-,44-/m0/s1. The molecule has 11 amide bonds. The molecule has 3 aliphatic heterocycles. The average molecular weight is 1130 g/mol. The van der Waals surface area contributed by atoms with Gasteiger partial charge in [0.1, 0.15) is 58.9 Å². The maximum atomic E-state index is 14.4. The van der Waals surface area contributed by atoms with Crippen molar-refractivity contribution in [3.63, 3.8) is 0 Å². The van der Waals surface area contributed by atoms with E-state index in [0.29, 0.717) is 51.5 Å². The summed E-state index contributed by atoms with van der Waals surface area (Å²) in [6.45, 7) is 29.1. The minimum Gasteiger partial charge on any atom is -0.394 e. The highest BCUT2D eigenvalue weighted by molar-refractivity contribution is 6.01. The quantitative estimate of drug-likeness (QED) is 0.0566. The molecule has 0 radical (unpaired) electrons. The van der Waals surface area contributed by atoms with Crippen LogP contribution in [0.1, 0.15) is 175 Å². The third-order valence-corrected chi connectivity index (χ3v) is 15.4. The summed E-state index contributed by atoms with van der Waals surface area (Å²) in [6, 6.07) is -7.58. The first-order valence-electron chi connectivity index (χ1n) is 29.0. The van der Waals surface area contributed by atoms with Crippen molar-refractivity contribution in [2.24, 2.45) is 29.6 Å². The van der Waals surface area contributed by atoms with Crippen LogP contribution in [0.25, 0.3) is 0 Å². The number of nitrogens with zero attached hydrogens (tertiary/aromatic N) is 3. The average Bonchev–Trinajstić information content (AvgIpc) is 4.17. The molecule has 0 unspecified atom stereocenters. The summed E-state index contributed by atoms with van der Waals surface area (Å²) in [6.07, 6.45) is 3.65. The van der Waals surface area contributed by atoms with Gasteiger partial charge in [-0.3, -0.25) is 52.7 Å². The van der Waals surface area contributed by atoms with Crippen LogP contribution in [0.15, 0.2) is 0 Å². The van der Waals surface area contributed by atoms with E-state index in [2.05, 4.69) is 42.5 Å². The van der Waals surface area contributed by atoms with Crippen molar-refractivity contribution in [1.29, 1.82) is 0 Å². The molecule has 3 saturated heterocycles. The van der Waals surface area contributed by atoms with Crippen molar-refractivity contribution >= 4 is 65.0 Å². The minimum atomic E-state index is -1.60. The van der Waals surface area contributed by atoms with Gasteiger partial charge in [-0.05, 0) is 122 Å². The van der Waals surface area contributed by atoms with Gasteiger partial charge in [0.05, 0.1) is 12.6 Å². The van der Waals surface area contributed by atoms with Gasteiger partial charge in [-0.25, -0.2) is 0 Å². The van der Waals surface area contributed by atoms with Crippen molar-refractivity contribution in [3.05, 3.63) is 0 Å². The van der Waals surface area contributed by atoms with Gasteiger partial charge in [-0.1, -0.05) is 75.7 Å². The van der Waals surface area contributed by atoms with Crippen molar-refractivity contribution in [1.82, 2.24) is 57.2 Å². The molecular formula is C57H99N11O12. The van der Waals surface area contributed by atoms with Crippen LogP contribution in [0.5, 0.6) is 0 Å². The van der Waals surface area contributed by atoms with Crippen LogP contribution in [0.4, 0.5) is 0 Å². The molecular weight excluding hydrogens is 1030 g/mol. The maximum absolute atomic E-state index is 14.4. The molecule has 0 aromatic rings. The lowest BCUT2D eigenvalue weighted by molar-refractivity contribution is -0.147. The predicted molar refractivity (Wildman–Crippen MR) is 301 cm³/mol. The number of aliphatic hydroxyl groups excluding tert-OH is 1. The molecule has 3 aliphatic rings. The van der Waals surface area contributed by atoms with Crippen LogP contribution < -0.4 is 42.5 Å². The summed E-state index contributed by atoms with van der Waals surface area (Å²) in [5.41, 5.74) is -4.56. The van der Waals surface area contributed by atoms with E-state index >= 15 is 0 Å². The highest BCUT2D eigenvalue weighted by Gasteiger charge is 2.47. The van der Waals surface area contributed by atoms with Crippen LogP contribution in [0.2, 0.25) is 0 Å². The van der Waals surface area contributed by atoms with Gasteiger partial charge in [0, 0.05) is 26.6 Å². The van der Waals surface area contributed by atoms with Crippen molar-refractivity contribution in [2.75, 3.05) is 26.2 Å². The molecule has 0 bridgehead atoms. The molecule has 0 aromatic carbocycles.